The third kappa shape index (κ3) is 4.93. The van der Waals surface area contributed by atoms with E-state index in [1.807, 2.05) is 50.2 Å². The van der Waals surface area contributed by atoms with E-state index in [1.165, 1.54) is 6.20 Å². The highest BCUT2D eigenvalue weighted by molar-refractivity contribution is 5.95. The van der Waals surface area contributed by atoms with Crippen molar-refractivity contribution >= 4 is 23.4 Å². The Morgan fingerprint density at radius 1 is 1.08 bits per heavy atom. The van der Waals surface area contributed by atoms with Gasteiger partial charge in [0.05, 0.1) is 23.8 Å². The maximum atomic E-state index is 12.1. The Bertz CT molecular complexity index is 1480. The van der Waals surface area contributed by atoms with Gasteiger partial charge in [0.2, 0.25) is 11.8 Å². The van der Waals surface area contributed by atoms with Crippen molar-refractivity contribution in [2.75, 3.05) is 17.2 Å². The number of aromatic nitrogens is 4. The number of ether oxygens (including phenoxy) is 1. The predicted octanol–water partition coefficient (Wildman–Crippen LogP) is 4.05. The van der Waals surface area contributed by atoms with Crippen molar-refractivity contribution in [1.82, 2.24) is 20.2 Å². The second kappa shape index (κ2) is 9.51. The topological polar surface area (TPSA) is 156 Å². The zero-order valence-corrected chi connectivity index (χ0v) is 21.4. The monoisotopic (exact) mass is 516 g/mol. The van der Waals surface area contributed by atoms with E-state index in [2.05, 4.69) is 30.8 Å². The van der Waals surface area contributed by atoms with E-state index in [-0.39, 0.29) is 30.3 Å². The van der Waals surface area contributed by atoms with Crippen molar-refractivity contribution in [3.05, 3.63) is 77.3 Å². The maximum Gasteiger partial charge on any atom is 0.339 e. The third-order valence-corrected chi connectivity index (χ3v) is 6.16. The van der Waals surface area contributed by atoms with Crippen LogP contribution in [-0.2, 0) is 15.9 Å². The Labute approximate surface area is 218 Å². The Hall–Kier alpha value is -4.35. The van der Waals surface area contributed by atoms with Crippen LogP contribution in [-0.4, -0.2) is 43.0 Å². The number of rotatable bonds is 8. The number of nitrogens with zero attached hydrogens (tertiary/aromatic N) is 4. The molecule has 0 fully saturated rings. The second-order valence-corrected chi connectivity index (χ2v) is 10.0. The Kier molecular flexibility index (Phi) is 6.33. The van der Waals surface area contributed by atoms with E-state index in [9.17, 15) is 15.0 Å². The molecular weight excluding hydrogens is 488 g/mol. The van der Waals surface area contributed by atoms with Gasteiger partial charge in [-0.1, -0.05) is 30.3 Å². The van der Waals surface area contributed by atoms with Crippen molar-refractivity contribution < 1.29 is 24.2 Å². The van der Waals surface area contributed by atoms with Crippen LogP contribution in [0.2, 0.25) is 0 Å². The van der Waals surface area contributed by atoms with Crippen LogP contribution in [0, 0.1) is 0 Å². The highest BCUT2D eigenvalue weighted by atomic mass is 16.6. The Morgan fingerprint density at radius 3 is 2.53 bits per heavy atom. The van der Waals surface area contributed by atoms with Gasteiger partial charge in [0, 0.05) is 17.4 Å². The van der Waals surface area contributed by atoms with Crippen LogP contribution in [0.1, 0.15) is 61.1 Å². The number of aliphatic hydroxyl groups is 2. The number of anilines is 3. The summed E-state index contributed by atoms with van der Waals surface area (Å²) in [6.45, 7) is 6.54. The molecular formula is C27H28N6O5. The molecule has 1 aliphatic heterocycles. The summed E-state index contributed by atoms with van der Waals surface area (Å²) in [6, 6.07) is 14.2. The van der Waals surface area contributed by atoms with E-state index in [1.54, 1.807) is 26.0 Å². The van der Waals surface area contributed by atoms with Gasteiger partial charge in [0.15, 0.2) is 0 Å². The van der Waals surface area contributed by atoms with Crippen LogP contribution < -0.4 is 10.6 Å². The van der Waals surface area contributed by atoms with Crippen molar-refractivity contribution in [2.45, 2.75) is 44.9 Å². The molecule has 0 unspecified atom stereocenters. The molecule has 4 aromatic rings. The first-order valence-electron chi connectivity index (χ1n) is 12.1. The highest BCUT2D eigenvalue weighted by Crippen LogP contribution is 2.38. The van der Waals surface area contributed by atoms with Crippen LogP contribution in [0.25, 0.3) is 11.5 Å². The van der Waals surface area contributed by atoms with Gasteiger partial charge in [0.25, 0.3) is 5.89 Å². The van der Waals surface area contributed by atoms with Crippen LogP contribution in [0.5, 0.6) is 0 Å². The van der Waals surface area contributed by atoms with E-state index >= 15 is 0 Å². The Morgan fingerprint density at radius 2 is 1.84 bits per heavy atom. The summed E-state index contributed by atoms with van der Waals surface area (Å²) < 4.78 is 11.2. The first-order chi connectivity index (χ1) is 18.0. The van der Waals surface area contributed by atoms with Gasteiger partial charge in [0.1, 0.15) is 17.0 Å². The summed E-state index contributed by atoms with van der Waals surface area (Å²) in [5, 5.41) is 34.8. The van der Waals surface area contributed by atoms with Gasteiger partial charge in [-0.15, -0.1) is 10.2 Å². The summed E-state index contributed by atoms with van der Waals surface area (Å²) in [6.07, 6.45) is 1.52. The molecule has 4 N–H and O–H groups in total. The maximum absolute atomic E-state index is 12.1. The number of nitrogens with one attached hydrogen (secondary N) is 2. The number of hydrogen-bond donors (Lipinski definition) is 4. The first kappa shape index (κ1) is 25.3. The Balaban J connectivity index is 1.52. The van der Waals surface area contributed by atoms with Gasteiger partial charge >= 0.3 is 5.97 Å². The number of carbonyl (C=O) groups excluding carboxylic acids is 1. The molecule has 2 aromatic heterocycles. The van der Waals surface area contributed by atoms with Gasteiger partial charge in [-0.3, -0.25) is 0 Å². The number of esters is 1. The normalized spacial score (nSPS) is 15.1. The SMILES string of the molecule is CC(C)(O)c1nnc(-c2cnc(Nc3ccc4c(c3)C(C)(C)OC4=O)nc2N[C@H](CO)c2ccccc2)o1. The van der Waals surface area contributed by atoms with Crippen molar-refractivity contribution in [1.29, 1.82) is 0 Å². The van der Waals surface area contributed by atoms with Crippen LogP contribution in [0.15, 0.2) is 59.1 Å². The molecule has 0 bridgehead atoms. The van der Waals surface area contributed by atoms with E-state index in [0.717, 1.165) is 11.1 Å². The molecule has 1 aliphatic rings. The van der Waals surface area contributed by atoms with Gasteiger partial charge in [-0.2, -0.15) is 4.98 Å². The molecule has 0 aliphatic carbocycles. The molecule has 0 saturated carbocycles. The van der Waals surface area contributed by atoms with Crippen molar-refractivity contribution in [3.63, 3.8) is 0 Å². The predicted molar refractivity (Wildman–Crippen MR) is 139 cm³/mol. The molecule has 3 heterocycles. The molecule has 11 nitrogen and oxygen atoms in total. The number of benzene rings is 2. The van der Waals surface area contributed by atoms with Crippen LogP contribution >= 0.6 is 0 Å². The minimum Gasteiger partial charge on any atom is -0.451 e. The zero-order valence-electron chi connectivity index (χ0n) is 21.4. The lowest BCUT2D eigenvalue weighted by Gasteiger charge is -2.20. The molecule has 38 heavy (non-hydrogen) atoms. The highest BCUT2D eigenvalue weighted by Gasteiger charge is 2.37. The first-order valence-corrected chi connectivity index (χ1v) is 12.1. The van der Waals surface area contributed by atoms with Crippen molar-refractivity contribution in [3.8, 4) is 11.5 Å². The van der Waals surface area contributed by atoms with E-state index in [0.29, 0.717) is 22.6 Å². The van der Waals surface area contributed by atoms with Crippen molar-refractivity contribution in [2.24, 2.45) is 0 Å². The molecule has 196 valence electrons. The lowest BCUT2D eigenvalue weighted by atomic mass is 9.95. The lowest BCUT2D eigenvalue weighted by molar-refractivity contribution is 0.00953. The molecule has 0 amide bonds. The summed E-state index contributed by atoms with van der Waals surface area (Å²) in [4.78, 5) is 21.2. The standard InChI is InChI=1S/C27H28N6O5/c1-26(2,36)24-33-32-22(37-24)18-13-28-25(31-21(18)30-20(14-34)15-8-6-5-7-9-15)29-16-10-11-17-19(12-16)27(3,4)38-23(17)35/h5-13,20,34,36H,14H2,1-4H3,(H2,28,29,30,31)/t20-/m1/s1. The molecule has 5 rings (SSSR count). The average molecular weight is 517 g/mol. The zero-order chi connectivity index (χ0) is 27.1. The fourth-order valence-electron chi connectivity index (χ4n) is 4.14. The summed E-state index contributed by atoms with van der Waals surface area (Å²) in [5.74, 6) is 0.378. The second-order valence-electron chi connectivity index (χ2n) is 10.0. The minimum atomic E-state index is -1.33. The van der Waals surface area contributed by atoms with Crippen LogP contribution in [0.4, 0.5) is 17.5 Å². The molecule has 1 atom stereocenters. The fourth-order valence-corrected chi connectivity index (χ4v) is 4.14. The third-order valence-electron chi connectivity index (χ3n) is 6.16. The van der Waals surface area contributed by atoms with E-state index in [4.69, 9.17) is 9.15 Å². The van der Waals surface area contributed by atoms with E-state index < -0.39 is 17.2 Å². The molecule has 2 aromatic carbocycles. The summed E-state index contributed by atoms with van der Waals surface area (Å²) in [7, 11) is 0. The largest absolute Gasteiger partial charge is 0.451 e. The number of fused-ring (bicyclic) bond motifs is 1. The van der Waals surface area contributed by atoms with Gasteiger partial charge in [-0.25, -0.2) is 9.78 Å². The van der Waals surface area contributed by atoms with Crippen LogP contribution in [0.3, 0.4) is 0 Å². The number of cyclic esters (lactones) is 1. The smallest absolute Gasteiger partial charge is 0.339 e. The average Bonchev–Trinajstić information content (AvgIpc) is 3.46. The molecule has 11 heteroatoms. The molecule has 0 radical (unpaired) electrons. The molecule has 0 saturated heterocycles. The lowest BCUT2D eigenvalue weighted by Crippen LogP contribution is -2.17. The van der Waals surface area contributed by atoms with Gasteiger partial charge < -0.3 is 30.0 Å². The molecule has 0 spiro atoms. The summed E-state index contributed by atoms with van der Waals surface area (Å²) >= 11 is 0. The fraction of sp³-hybridized carbons (Fsp3) is 0.296. The minimum absolute atomic E-state index is 0.0416. The number of aliphatic hydroxyl groups excluding tert-OH is 1. The van der Waals surface area contributed by atoms with Gasteiger partial charge in [-0.05, 0) is 51.5 Å². The number of carbonyl (C=O) groups is 1. The summed E-state index contributed by atoms with van der Waals surface area (Å²) in [5.41, 5.74) is 1.11. The number of hydrogen-bond acceptors (Lipinski definition) is 11. The quantitative estimate of drug-likeness (QED) is 0.251.